The van der Waals surface area contributed by atoms with Crippen LogP contribution in [0.4, 0.5) is 5.82 Å². The summed E-state index contributed by atoms with van der Waals surface area (Å²) in [5, 5.41) is 27.1. The Bertz CT molecular complexity index is 580. The van der Waals surface area contributed by atoms with Gasteiger partial charge >= 0.3 is 5.97 Å². The van der Waals surface area contributed by atoms with E-state index in [1.165, 1.54) is 0 Å². The van der Waals surface area contributed by atoms with E-state index >= 15 is 0 Å². The molecule has 1 saturated heterocycles. The van der Waals surface area contributed by atoms with Gasteiger partial charge in [-0.15, -0.1) is 5.10 Å². The Hall–Kier alpha value is -2.16. The first-order chi connectivity index (χ1) is 10.1. The lowest BCUT2D eigenvalue weighted by atomic mass is 9.97. The van der Waals surface area contributed by atoms with Crippen molar-refractivity contribution < 1.29 is 9.90 Å². The molecule has 0 bridgehead atoms. The first-order valence-electron chi connectivity index (χ1n) is 7.38. The summed E-state index contributed by atoms with van der Waals surface area (Å²) in [5.41, 5.74) is 2.34. The molecule has 6 heteroatoms. The van der Waals surface area contributed by atoms with Gasteiger partial charge in [0, 0.05) is 13.1 Å². The lowest BCUT2D eigenvalue weighted by Gasteiger charge is -2.32. The largest absolute Gasteiger partial charge is 0.481 e. The number of nitriles is 1. The number of aryl methyl sites for hydroxylation is 1. The van der Waals surface area contributed by atoms with E-state index < -0.39 is 11.9 Å². The third-order valence-corrected chi connectivity index (χ3v) is 4.01. The van der Waals surface area contributed by atoms with Gasteiger partial charge in [0.05, 0.1) is 11.6 Å². The fourth-order valence-corrected chi connectivity index (χ4v) is 2.87. The zero-order valence-corrected chi connectivity index (χ0v) is 12.5. The van der Waals surface area contributed by atoms with Gasteiger partial charge in [-0.3, -0.25) is 4.79 Å². The highest BCUT2D eigenvalue weighted by Gasteiger charge is 2.28. The SMILES string of the molecule is CCc1nnc(N2CCCC(C(=O)O)C2)c(C#N)c1CC. The Balaban J connectivity index is 2.40. The van der Waals surface area contributed by atoms with Crippen molar-refractivity contribution in [3.63, 3.8) is 0 Å². The van der Waals surface area contributed by atoms with Crippen LogP contribution >= 0.6 is 0 Å². The molecular weight excluding hydrogens is 268 g/mol. The predicted molar refractivity (Wildman–Crippen MR) is 78.1 cm³/mol. The minimum absolute atomic E-state index is 0.396. The number of aromatic nitrogens is 2. The molecule has 1 aliphatic heterocycles. The normalized spacial score (nSPS) is 18.3. The van der Waals surface area contributed by atoms with Crippen LogP contribution in [0, 0.1) is 17.2 Å². The van der Waals surface area contributed by atoms with Gasteiger partial charge in [0.1, 0.15) is 11.6 Å². The number of carboxylic acids is 1. The van der Waals surface area contributed by atoms with Gasteiger partial charge in [-0.1, -0.05) is 13.8 Å². The molecule has 0 saturated carbocycles. The average Bonchev–Trinajstić information content (AvgIpc) is 2.53. The number of hydrogen-bond donors (Lipinski definition) is 1. The molecule has 1 aromatic heterocycles. The predicted octanol–water partition coefficient (Wildman–Crippen LogP) is 1.77. The molecule has 0 amide bonds. The number of aliphatic carboxylic acids is 1. The van der Waals surface area contributed by atoms with E-state index in [0.29, 0.717) is 24.3 Å². The lowest BCUT2D eigenvalue weighted by Crippen LogP contribution is -2.39. The second kappa shape index (κ2) is 6.53. The molecule has 0 aliphatic carbocycles. The van der Waals surface area contributed by atoms with Crippen LogP contribution in [0.15, 0.2) is 0 Å². The van der Waals surface area contributed by atoms with Gasteiger partial charge < -0.3 is 10.0 Å². The molecule has 1 fully saturated rings. The van der Waals surface area contributed by atoms with Crippen LogP contribution in [0.3, 0.4) is 0 Å². The summed E-state index contributed by atoms with van der Waals surface area (Å²) in [5.74, 6) is -0.646. The molecule has 0 spiro atoms. The first-order valence-corrected chi connectivity index (χ1v) is 7.38. The Labute approximate surface area is 124 Å². The van der Waals surface area contributed by atoms with Crippen molar-refractivity contribution in [2.45, 2.75) is 39.5 Å². The maximum atomic E-state index is 11.2. The first kappa shape index (κ1) is 15.2. The fraction of sp³-hybridized carbons (Fsp3) is 0.600. The van der Waals surface area contributed by atoms with E-state index in [0.717, 1.165) is 37.1 Å². The third-order valence-electron chi connectivity index (χ3n) is 4.01. The van der Waals surface area contributed by atoms with E-state index in [9.17, 15) is 15.2 Å². The Kier molecular flexibility index (Phi) is 4.73. The molecule has 1 unspecified atom stereocenters. The van der Waals surface area contributed by atoms with E-state index in [2.05, 4.69) is 16.3 Å². The summed E-state index contributed by atoms with van der Waals surface area (Å²) in [7, 11) is 0. The smallest absolute Gasteiger partial charge is 0.308 e. The van der Waals surface area contributed by atoms with E-state index in [1.54, 1.807) is 0 Å². The molecule has 0 aromatic carbocycles. The van der Waals surface area contributed by atoms with Crippen LogP contribution in [0.5, 0.6) is 0 Å². The molecule has 1 N–H and O–H groups in total. The van der Waals surface area contributed by atoms with Gasteiger partial charge in [-0.2, -0.15) is 10.4 Å². The van der Waals surface area contributed by atoms with Crippen molar-refractivity contribution in [2.24, 2.45) is 5.92 Å². The summed E-state index contributed by atoms with van der Waals surface area (Å²) in [6, 6.07) is 2.24. The van der Waals surface area contributed by atoms with Crippen LogP contribution in [0.25, 0.3) is 0 Å². The zero-order valence-electron chi connectivity index (χ0n) is 12.5. The third kappa shape index (κ3) is 2.97. The average molecular weight is 288 g/mol. The molecule has 21 heavy (non-hydrogen) atoms. The fourth-order valence-electron chi connectivity index (χ4n) is 2.87. The number of carboxylic acid groups (broad SMARTS) is 1. The Morgan fingerprint density at radius 1 is 1.43 bits per heavy atom. The highest BCUT2D eigenvalue weighted by atomic mass is 16.4. The zero-order chi connectivity index (χ0) is 15.4. The molecule has 1 aromatic rings. The van der Waals surface area contributed by atoms with Crippen molar-refractivity contribution in [3.05, 3.63) is 16.8 Å². The second-order valence-electron chi connectivity index (χ2n) is 5.27. The molecular formula is C15H20N4O2. The molecule has 1 atom stereocenters. The van der Waals surface area contributed by atoms with Gasteiger partial charge in [-0.05, 0) is 31.2 Å². The number of rotatable bonds is 4. The summed E-state index contributed by atoms with van der Waals surface area (Å²) in [6.07, 6.45) is 2.93. The highest BCUT2D eigenvalue weighted by molar-refractivity contribution is 5.71. The van der Waals surface area contributed by atoms with Crippen LogP contribution in [-0.4, -0.2) is 34.4 Å². The summed E-state index contributed by atoms with van der Waals surface area (Å²) < 4.78 is 0. The van der Waals surface area contributed by atoms with Gasteiger partial charge in [0.15, 0.2) is 5.82 Å². The van der Waals surface area contributed by atoms with E-state index in [4.69, 9.17) is 0 Å². The maximum absolute atomic E-state index is 11.2. The number of carbonyl (C=O) groups is 1. The topological polar surface area (TPSA) is 90.1 Å². The lowest BCUT2D eigenvalue weighted by molar-refractivity contribution is -0.141. The van der Waals surface area contributed by atoms with Gasteiger partial charge in [0.2, 0.25) is 0 Å². The molecule has 1 aliphatic rings. The number of nitrogens with zero attached hydrogens (tertiary/aromatic N) is 4. The van der Waals surface area contributed by atoms with Crippen molar-refractivity contribution in [2.75, 3.05) is 18.0 Å². The van der Waals surface area contributed by atoms with Gasteiger partial charge in [0.25, 0.3) is 0 Å². The summed E-state index contributed by atoms with van der Waals surface area (Å²) in [6.45, 7) is 5.11. The van der Waals surface area contributed by atoms with Crippen molar-refractivity contribution in [1.29, 1.82) is 5.26 Å². The van der Waals surface area contributed by atoms with Gasteiger partial charge in [-0.25, -0.2) is 0 Å². The molecule has 6 nitrogen and oxygen atoms in total. The molecule has 2 rings (SSSR count). The second-order valence-corrected chi connectivity index (χ2v) is 5.27. The maximum Gasteiger partial charge on any atom is 0.308 e. The Morgan fingerprint density at radius 3 is 2.76 bits per heavy atom. The highest BCUT2D eigenvalue weighted by Crippen LogP contribution is 2.27. The van der Waals surface area contributed by atoms with Crippen molar-refractivity contribution in [1.82, 2.24) is 10.2 Å². The minimum Gasteiger partial charge on any atom is -0.481 e. The quantitative estimate of drug-likeness (QED) is 0.908. The van der Waals surface area contributed by atoms with Crippen LogP contribution in [0.1, 0.15) is 43.5 Å². The summed E-state index contributed by atoms with van der Waals surface area (Å²) >= 11 is 0. The van der Waals surface area contributed by atoms with E-state index in [-0.39, 0.29) is 0 Å². The standard InChI is InChI=1S/C15H20N4O2/c1-3-11-12(8-16)14(18-17-13(11)4-2)19-7-5-6-10(9-19)15(20)21/h10H,3-7,9H2,1-2H3,(H,20,21). The number of piperidine rings is 1. The molecule has 0 radical (unpaired) electrons. The number of anilines is 1. The van der Waals surface area contributed by atoms with Crippen LogP contribution in [-0.2, 0) is 17.6 Å². The van der Waals surface area contributed by atoms with Crippen LogP contribution in [0.2, 0.25) is 0 Å². The minimum atomic E-state index is -0.785. The Morgan fingerprint density at radius 2 is 2.19 bits per heavy atom. The van der Waals surface area contributed by atoms with Crippen molar-refractivity contribution >= 4 is 11.8 Å². The number of hydrogen-bond acceptors (Lipinski definition) is 5. The van der Waals surface area contributed by atoms with Crippen molar-refractivity contribution in [3.8, 4) is 6.07 Å². The molecule has 2 heterocycles. The van der Waals surface area contributed by atoms with E-state index in [1.807, 2.05) is 18.7 Å². The monoisotopic (exact) mass is 288 g/mol. The summed E-state index contributed by atoms with van der Waals surface area (Å²) in [4.78, 5) is 13.1. The van der Waals surface area contributed by atoms with Crippen LogP contribution < -0.4 is 4.90 Å². The molecule has 112 valence electrons.